The molecule has 2 aromatic carbocycles. The number of amides is 2. The molecule has 0 spiro atoms. The molecule has 0 fully saturated rings. The second-order valence-corrected chi connectivity index (χ2v) is 5.95. The second-order valence-electron chi connectivity index (χ2n) is 5.95. The summed E-state index contributed by atoms with van der Waals surface area (Å²) >= 11 is 0. The van der Waals surface area contributed by atoms with E-state index in [2.05, 4.69) is 10.6 Å². The topological polar surface area (TPSA) is 89.4 Å². The van der Waals surface area contributed by atoms with Crippen LogP contribution >= 0.6 is 0 Å². The molecule has 3 aromatic rings. The number of aromatic nitrogens is 1. The Morgan fingerprint density at radius 2 is 1.74 bits per heavy atom. The van der Waals surface area contributed by atoms with Crippen LogP contribution in [0.15, 0.2) is 54.7 Å². The van der Waals surface area contributed by atoms with Crippen molar-refractivity contribution < 1.29 is 19.1 Å². The Morgan fingerprint density at radius 3 is 2.44 bits per heavy atom. The molecule has 3 rings (SSSR count). The van der Waals surface area contributed by atoms with Crippen molar-refractivity contribution in [3.05, 3.63) is 65.9 Å². The third-order valence-corrected chi connectivity index (χ3v) is 4.11. The highest BCUT2D eigenvalue weighted by atomic mass is 16.5. The fraction of sp³-hybridized carbons (Fsp3) is 0.150. The molecule has 0 aliphatic carbocycles. The second kappa shape index (κ2) is 7.74. The van der Waals surface area contributed by atoms with Gasteiger partial charge < -0.3 is 19.9 Å². The molecule has 0 atom stereocenters. The maximum absolute atomic E-state index is 12.3. The molecule has 2 N–H and O–H groups in total. The van der Waals surface area contributed by atoms with Gasteiger partial charge in [-0.15, -0.1) is 0 Å². The number of hydrogen-bond donors (Lipinski definition) is 2. The number of fused-ring (bicyclic) bond motifs is 1. The molecule has 0 aliphatic rings. The molecule has 0 unspecified atom stereocenters. The minimum atomic E-state index is -0.558. The Hall–Kier alpha value is -3.61. The fourth-order valence-corrected chi connectivity index (χ4v) is 2.76. The molecule has 0 saturated heterocycles. The van der Waals surface area contributed by atoms with Gasteiger partial charge in [0, 0.05) is 42.4 Å². The van der Waals surface area contributed by atoms with Crippen LogP contribution in [0, 0.1) is 0 Å². The number of aryl methyl sites for hydroxylation is 1. The average molecular weight is 365 g/mol. The molecule has 2 amide bonds. The number of anilines is 1. The number of carbonyl (C=O) groups is 3. The van der Waals surface area contributed by atoms with E-state index in [1.165, 1.54) is 0 Å². The molecule has 7 heteroatoms. The van der Waals surface area contributed by atoms with Gasteiger partial charge in [0.1, 0.15) is 0 Å². The maximum atomic E-state index is 12.3. The molecular weight excluding hydrogens is 346 g/mol. The maximum Gasteiger partial charge on any atom is 0.340 e. The average Bonchev–Trinajstić information content (AvgIpc) is 3.03. The number of ether oxygens (including phenoxy) is 1. The smallest absolute Gasteiger partial charge is 0.340 e. The highest BCUT2D eigenvalue weighted by molar-refractivity contribution is 6.05. The number of rotatable bonds is 5. The third-order valence-electron chi connectivity index (χ3n) is 4.11. The third kappa shape index (κ3) is 3.98. The van der Waals surface area contributed by atoms with Gasteiger partial charge in [-0.05, 0) is 30.3 Å². The summed E-state index contributed by atoms with van der Waals surface area (Å²) in [6, 6.07) is 13.9. The number of nitrogens with one attached hydrogen (secondary N) is 2. The van der Waals surface area contributed by atoms with Gasteiger partial charge in [0.05, 0.1) is 5.56 Å². The van der Waals surface area contributed by atoms with E-state index in [4.69, 9.17) is 4.74 Å². The SMILES string of the molecule is CNC(=O)c1ccc(NC(=O)COC(=O)c2cn(C)c3ccccc23)cc1. The minimum Gasteiger partial charge on any atom is -0.452 e. The first kappa shape index (κ1) is 18.2. The zero-order valence-electron chi connectivity index (χ0n) is 15.0. The van der Waals surface area contributed by atoms with Gasteiger partial charge in [0.2, 0.25) is 0 Å². The van der Waals surface area contributed by atoms with Crippen LogP contribution in [0.4, 0.5) is 5.69 Å². The van der Waals surface area contributed by atoms with Crippen molar-refractivity contribution in [3.8, 4) is 0 Å². The molecule has 1 aromatic heterocycles. The van der Waals surface area contributed by atoms with Crippen LogP contribution in [-0.4, -0.2) is 36.0 Å². The van der Waals surface area contributed by atoms with Gasteiger partial charge in [-0.3, -0.25) is 9.59 Å². The highest BCUT2D eigenvalue weighted by Gasteiger charge is 2.16. The fourth-order valence-electron chi connectivity index (χ4n) is 2.76. The summed E-state index contributed by atoms with van der Waals surface area (Å²) in [5.74, 6) is -1.23. The summed E-state index contributed by atoms with van der Waals surface area (Å²) in [7, 11) is 3.39. The first-order valence-corrected chi connectivity index (χ1v) is 8.33. The summed E-state index contributed by atoms with van der Waals surface area (Å²) in [4.78, 5) is 35.8. The van der Waals surface area contributed by atoms with Crippen LogP contribution in [-0.2, 0) is 16.6 Å². The van der Waals surface area contributed by atoms with Crippen molar-refractivity contribution in [2.75, 3.05) is 19.0 Å². The molecule has 138 valence electrons. The number of nitrogens with zero attached hydrogens (tertiary/aromatic N) is 1. The normalized spacial score (nSPS) is 10.4. The van der Waals surface area contributed by atoms with E-state index in [0.29, 0.717) is 16.8 Å². The Morgan fingerprint density at radius 1 is 1.04 bits per heavy atom. The van der Waals surface area contributed by atoms with Crippen molar-refractivity contribution in [1.29, 1.82) is 0 Å². The Labute approximate surface area is 155 Å². The van der Waals surface area contributed by atoms with Crippen molar-refractivity contribution in [2.24, 2.45) is 7.05 Å². The van der Waals surface area contributed by atoms with Crippen LogP contribution in [0.5, 0.6) is 0 Å². The molecule has 27 heavy (non-hydrogen) atoms. The lowest BCUT2D eigenvalue weighted by Gasteiger charge is -2.07. The summed E-state index contributed by atoms with van der Waals surface area (Å²) in [5, 5.41) is 5.91. The number of benzene rings is 2. The molecule has 7 nitrogen and oxygen atoms in total. The monoisotopic (exact) mass is 365 g/mol. The van der Waals surface area contributed by atoms with Crippen LogP contribution in [0.2, 0.25) is 0 Å². The quantitative estimate of drug-likeness (QED) is 0.679. The Kier molecular flexibility index (Phi) is 5.21. The largest absolute Gasteiger partial charge is 0.452 e. The molecule has 1 heterocycles. The molecule has 0 bridgehead atoms. The van der Waals surface area contributed by atoms with Crippen LogP contribution in [0.1, 0.15) is 20.7 Å². The predicted octanol–water partition coefficient (Wildman–Crippen LogP) is 2.33. The van der Waals surface area contributed by atoms with E-state index < -0.39 is 18.5 Å². The first-order chi connectivity index (χ1) is 13.0. The lowest BCUT2D eigenvalue weighted by Crippen LogP contribution is -2.21. The van der Waals surface area contributed by atoms with Gasteiger partial charge in [-0.1, -0.05) is 18.2 Å². The van der Waals surface area contributed by atoms with Crippen molar-refractivity contribution in [3.63, 3.8) is 0 Å². The Bertz CT molecular complexity index is 1010. The zero-order valence-corrected chi connectivity index (χ0v) is 15.0. The summed E-state index contributed by atoms with van der Waals surface area (Å²) in [6.45, 7) is -0.404. The van der Waals surface area contributed by atoms with Gasteiger partial charge in [0.15, 0.2) is 6.61 Å². The van der Waals surface area contributed by atoms with E-state index in [1.807, 2.05) is 35.9 Å². The lowest BCUT2D eigenvalue weighted by molar-refractivity contribution is -0.119. The predicted molar refractivity (Wildman–Crippen MR) is 102 cm³/mol. The summed E-state index contributed by atoms with van der Waals surface area (Å²) < 4.78 is 6.97. The summed E-state index contributed by atoms with van der Waals surface area (Å²) in [5.41, 5.74) is 2.31. The highest BCUT2D eigenvalue weighted by Crippen LogP contribution is 2.21. The Balaban J connectivity index is 1.60. The first-order valence-electron chi connectivity index (χ1n) is 8.33. The van der Waals surface area contributed by atoms with Crippen LogP contribution in [0.25, 0.3) is 10.9 Å². The minimum absolute atomic E-state index is 0.211. The number of carbonyl (C=O) groups excluding carboxylic acids is 3. The number of para-hydroxylation sites is 1. The van der Waals surface area contributed by atoms with Gasteiger partial charge in [-0.2, -0.15) is 0 Å². The van der Waals surface area contributed by atoms with E-state index >= 15 is 0 Å². The lowest BCUT2D eigenvalue weighted by atomic mass is 10.2. The molecule has 0 saturated carbocycles. The number of hydrogen-bond acceptors (Lipinski definition) is 4. The van der Waals surface area contributed by atoms with E-state index in [0.717, 1.165) is 10.9 Å². The van der Waals surface area contributed by atoms with Crippen molar-refractivity contribution in [1.82, 2.24) is 9.88 Å². The zero-order chi connectivity index (χ0) is 19.4. The van der Waals surface area contributed by atoms with Gasteiger partial charge in [0.25, 0.3) is 11.8 Å². The van der Waals surface area contributed by atoms with E-state index in [9.17, 15) is 14.4 Å². The molecule has 0 aliphatic heterocycles. The van der Waals surface area contributed by atoms with Crippen molar-refractivity contribution >= 4 is 34.4 Å². The molecule has 0 radical (unpaired) electrons. The standard InChI is InChI=1S/C20H19N3O4/c1-21-19(25)13-7-9-14(10-8-13)22-18(24)12-27-20(26)16-11-23(2)17-6-4-3-5-15(16)17/h3-11H,12H2,1-2H3,(H,21,25)(H,22,24). The van der Waals surface area contributed by atoms with Gasteiger partial charge in [-0.25, -0.2) is 4.79 Å². The number of esters is 1. The van der Waals surface area contributed by atoms with Crippen molar-refractivity contribution in [2.45, 2.75) is 0 Å². The molecular formula is C20H19N3O4. The van der Waals surface area contributed by atoms with E-state index in [-0.39, 0.29) is 5.91 Å². The van der Waals surface area contributed by atoms with E-state index in [1.54, 1.807) is 37.5 Å². The van der Waals surface area contributed by atoms with Gasteiger partial charge >= 0.3 is 5.97 Å². The van der Waals surface area contributed by atoms with Crippen LogP contribution in [0.3, 0.4) is 0 Å². The summed E-state index contributed by atoms with van der Waals surface area (Å²) in [6.07, 6.45) is 1.68. The van der Waals surface area contributed by atoms with Crippen LogP contribution < -0.4 is 10.6 Å².